The minimum atomic E-state index is -4.49. The summed E-state index contributed by atoms with van der Waals surface area (Å²) in [6.45, 7) is 3.01. The van der Waals surface area contributed by atoms with Crippen molar-refractivity contribution >= 4 is 16.6 Å². The third kappa shape index (κ3) is 2.68. The second-order valence-corrected chi connectivity index (χ2v) is 5.54. The molecule has 118 valence electrons. The number of benzene rings is 1. The number of para-hydroxylation sites is 1. The van der Waals surface area contributed by atoms with Gasteiger partial charge in [0.1, 0.15) is 5.69 Å². The number of aromatic nitrogens is 1. The molecule has 1 fully saturated rings. The summed E-state index contributed by atoms with van der Waals surface area (Å²) >= 11 is 0. The van der Waals surface area contributed by atoms with E-state index in [-0.39, 0.29) is 5.52 Å². The number of piperazine rings is 1. The van der Waals surface area contributed by atoms with Crippen LogP contribution in [0.5, 0.6) is 0 Å². The summed E-state index contributed by atoms with van der Waals surface area (Å²) in [4.78, 5) is 18.7. The molecule has 0 amide bonds. The van der Waals surface area contributed by atoms with E-state index in [1.54, 1.807) is 12.1 Å². The van der Waals surface area contributed by atoms with Crippen LogP contribution < -0.4 is 10.5 Å². The molecule has 0 unspecified atom stereocenters. The lowest BCUT2D eigenvalue weighted by atomic mass is 10.1. The minimum absolute atomic E-state index is 0.155. The quantitative estimate of drug-likeness (QED) is 0.878. The largest absolute Gasteiger partial charge is 0.418 e. The average molecular weight is 311 g/mol. The van der Waals surface area contributed by atoms with E-state index in [1.807, 2.05) is 11.9 Å². The lowest BCUT2D eigenvalue weighted by Crippen LogP contribution is -2.46. The number of fused-ring (bicyclic) bond motifs is 1. The topological polar surface area (TPSA) is 39.3 Å². The summed E-state index contributed by atoms with van der Waals surface area (Å²) in [6.07, 6.45) is -4.49. The second-order valence-electron chi connectivity index (χ2n) is 5.54. The number of hydrogen-bond acceptors (Lipinski definition) is 3. The molecule has 1 aromatic carbocycles. The summed E-state index contributed by atoms with van der Waals surface area (Å²) < 4.78 is 39.0. The number of alkyl halides is 3. The molecular formula is C15H16F3N3O. The van der Waals surface area contributed by atoms with Gasteiger partial charge in [-0.1, -0.05) is 12.1 Å². The molecule has 3 rings (SSSR count). The minimum Gasteiger partial charge on any atom is -0.365 e. The van der Waals surface area contributed by atoms with Gasteiger partial charge < -0.3 is 14.8 Å². The number of hydrogen-bond donors (Lipinski definition) is 1. The van der Waals surface area contributed by atoms with E-state index in [2.05, 4.69) is 9.88 Å². The highest BCUT2D eigenvalue weighted by Gasteiger charge is 2.33. The predicted molar refractivity (Wildman–Crippen MR) is 79.3 cm³/mol. The molecule has 0 atom stereocenters. The number of pyridine rings is 1. The second kappa shape index (κ2) is 5.31. The molecule has 1 saturated heterocycles. The zero-order chi connectivity index (χ0) is 15.9. The van der Waals surface area contributed by atoms with Crippen molar-refractivity contribution < 1.29 is 13.2 Å². The molecule has 1 aromatic heterocycles. The van der Waals surface area contributed by atoms with Crippen LogP contribution in [0.25, 0.3) is 10.9 Å². The monoisotopic (exact) mass is 311 g/mol. The van der Waals surface area contributed by atoms with Gasteiger partial charge in [-0.15, -0.1) is 0 Å². The Morgan fingerprint density at radius 2 is 1.82 bits per heavy atom. The number of aromatic amines is 1. The lowest BCUT2D eigenvalue weighted by molar-refractivity contribution is -0.136. The Morgan fingerprint density at radius 1 is 1.14 bits per heavy atom. The Labute approximate surface area is 125 Å². The first-order valence-electron chi connectivity index (χ1n) is 7.03. The molecule has 7 heteroatoms. The van der Waals surface area contributed by atoms with Crippen molar-refractivity contribution in [3.63, 3.8) is 0 Å². The number of nitrogens with zero attached hydrogens (tertiary/aromatic N) is 2. The van der Waals surface area contributed by atoms with Gasteiger partial charge in [0, 0.05) is 31.6 Å². The molecule has 2 heterocycles. The summed E-state index contributed by atoms with van der Waals surface area (Å²) in [5.74, 6) is 0. The lowest BCUT2D eigenvalue weighted by Gasteiger charge is -2.33. The normalized spacial score (nSPS) is 17.2. The number of likely N-dealkylation sites (N-methyl/N-ethyl adjacent to an activating group) is 1. The fourth-order valence-corrected chi connectivity index (χ4v) is 2.74. The molecule has 1 aliphatic rings. The molecule has 2 aromatic rings. The first-order chi connectivity index (χ1) is 10.4. The molecule has 1 N–H and O–H groups in total. The van der Waals surface area contributed by atoms with Crippen LogP contribution in [-0.2, 0) is 6.18 Å². The van der Waals surface area contributed by atoms with Crippen LogP contribution in [0.1, 0.15) is 5.56 Å². The Balaban J connectivity index is 2.08. The summed E-state index contributed by atoms with van der Waals surface area (Å²) in [5.41, 5.74) is -1.02. The highest BCUT2D eigenvalue weighted by atomic mass is 19.4. The van der Waals surface area contributed by atoms with Crippen molar-refractivity contribution in [2.45, 2.75) is 6.18 Å². The van der Waals surface area contributed by atoms with Crippen molar-refractivity contribution in [3.05, 3.63) is 40.2 Å². The van der Waals surface area contributed by atoms with Crippen molar-refractivity contribution in [1.82, 2.24) is 9.88 Å². The fourth-order valence-electron chi connectivity index (χ4n) is 2.74. The SMILES string of the molecule is CN1CCN(c2cc3cccc(C(F)(F)F)c3[nH]c2=O)CC1. The number of H-pyrrole nitrogens is 1. The molecule has 0 aliphatic carbocycles. The van der Waals surface area contributed by atoms with E-state index >= 15 is 0 Å². The van der Waals surface area contributed by atoms with Gasteiger partial charge in [0.15, 0.2) is 0 Å². The van der Waals surface area contributed by atoms with Crippen LogP contribution >= 0.6 is 0 Å². The average Bonchev–Trinajstić information content (AvgIpc) is 2.46. The van der Waals surface area contributed by atoms with Crippen LogP contribution in [0, 0.1) is 0 Å². The van der Waals surface area contributed by atoms with Crippen molar-refractivity contribution in [2.75, 3.05) is 38.1 Å². The van der Waals surface area contributed by atoms with E-state index in [0.29, 0.717) is 24.2 Å². The van der Waals surface area contributed by atoms with Crippen molar-refractivity contribution in [3.8, 4) is 0 Å². The Kier molecular flexibility index (Phi) is 3.60. The smallest absolute Gasteiger partial charge is 0.365 e. The van der Waals surface area contributed by atoms with Crippen LogP contribution in [0.3, 0.4) is 0 Å². The van der Waals surface area contributed by atoms with Gasteiger partial charge in [0.25, 0.3) is 5.56 Å². The fraction of sp³-hybridized carbons (Fsp3) is 0.400. The standard InChI is InChI=1S/C15H16F3N3O/c1-20-5-7-21(8-6-20)12-9-10-3-2-4-11(15(16,17)18)13(10)19-14(12)22/h2-4,9H,5-8H2,1H3,(H,19,22). The molecule has 4 nitrogen and oxygen atoms in total. The maximum absolute atomic E-state index is 13.0. The summed E-state index contributed by atoms with van der Waals surface area (Å²) in [6, 6.07) is 5.47. The van der Waals surface area contributed by atoms with E-state index < -0.39 is 17.3 Å². The Morgan fingerprint density at radius 3 is 2.45 bits per heavy atom. The van der Waals surface area contributed by atoms with Gasteiger partial charge in [-0.05, 0) is 19.2 Å². The molecule has 0 radical (unpaired) electrons. The van der Waals surface area contributed by atoms with Crippen LogP contribution in [0.15, 0.2) is 29.1 Å². The zero-order valence-corrected chi connectivity index (χ0v) is 12.1. The number of halogens is 3. The van der Waals surface area contributed by atoms with Crippen LogP contribution in [0.2, 0.25) is 0 Å². The molecule has 0 spiro atoms. The number of anilines is 1. The Bertz CT molecular complexity index is 746. The van der Waals surface area contributed by atoms with E-state index in [1.165, 1.54) is 6.07 Å². The molecule has 1 aliphatic heterocycles. The van der Waals surface area contributed by atoms with Gasteiger partial charge in [-0.2, -0.15) is 13.2 Å². The highest BCUT2D eigenvalue weighted by molar-refractivity contribution is 5.85. The van der Waals surface area contributed by atoms with E-state index in [9.17, 15) is 18.0 Å². The van der Waals surface area contributed by atoms with Crippen molar-refractivity contribution in [1.29, 1.82) is 0 Å². The number of rotatable bonds is 1. The molecule has 0 saturated carbocycles. The Hall–Kier alpha value is -2.02. The number of nitrogens with one attached hydrogen (secondary N) is 1. The molecular weight excluding hydrogens is 295 g/mol. The van der Waals surface area contributed by atoms with Crippen LogP contribution in [-0.4, -0.2) is 43.1 Å². The van der Waals surface area contributed by atoms with E-state index in [4.69, 9.17) is 0 Å². The van der Waals surface area contributed by atoms with Gasteiger partial charge in [-0.25, -0.2) is 0 Å². The zero-order valence-electron chi connectivity index (χ0n) is 12.1. The third-order valence-electron chi connectivity index (χ3n) is 4.01. The third-order valence-corrected chi connectivity index (χ3v) is 4.01. The maximum Gasteiger partial charge on any atom is 0.418 e. The molecule has 0 bridgehead atoms. The predicted octanol–water partition coefficient (Wildman–Crippen LogP) is 2.30. The van der Waals surface area contributed by atoms with Crippen molar-refractivity contribution in [2.24, 2.45) is 0 Å². The van der Waals surface area contributed by atoms with Gasteiger partial charge in [-0.3, -0.25) is 4.79 Å². The summed E-state index contributed by atoms with van der Waals surface area (Å²) in [7, 11) is 2.00. The maximum atomic E-state index is 13.0. The van der Waals surface area contributed by atoms with Gasteiger partial charge in [0.2, 0.25) is 0 Å². The highest BCUT2D eigenvalue weighted by Crippen LogP contribution is 2.34. The summed E-state index contributed by atoms with van der Waals surface area (Å²) in [5, 5.41) is 0.392. The van der Waals surface area contributed by atoms with E-state index in [0.717, 1.165) is 19.2 Å². The van der Waals surface area contributed by atoms with Crippen LogP contribution in [0.4, 0.5) is 18.9 Å². The first-order valence-corrected chi connectivity index (χ1v) is 7.03. The van der Waals surface area contributed by atoms with Gasteiger partial charge in [0.05, 0.1) is 11.1 Å². The first kappa shape index (κ1) is 14.9. The van der Waals surface area contributed by atoms with Gasteiger partial charge >= 0.3 is 6.18 Å². The molecule has 22 heavy (non-hydrogen) atoms.